The summed E-state index contributed by atoms with van der Waals surface area (Å²) in [5, 5.41) is 29.5. The predicted octanol–water partition coefficient (Wildman–Crippen LogP) is 4.19. The average molecular weight is 642 g/mol. The Labute approximate surface area is 258 Å². The number of thioether (sulfide) groups is 2. The van der Waals surface area contributed by atoms with Crippen LogP contribution in [0.25, 0.3) is 0 Å². The van der Waals surface area contributed by atoms with Gasteiger partial charge < -0.3 is 30.4 Å². The quantitative estimate of drug-likeness (QED) is 0.194. The smallest absolute Gasteiger partial charge is 0.546 e. The molecule has 2 aliphatic heterocycles. The summed E-state index contributed by atoms with van der Waals surface area (Å²) in [5.41, 5.74) is 2.79. The number of para-hydroxylation sites is 2. The summed E-state index contributed by atoms with van der Waals surface area (Å²) in [6.07, 6.45) is 0. The van der Waals surface area contributed by atoms with E-state index in [-0.39, 0.29) is 19.5 Å². The molecule has 0 aliphatic carbocycles. The molecule has 2 atom stereocenters. The van der Waals surface area contributed by atoms with Gasteiger partial charge in [0.25, 0.3) is 0 Å². The van der Waals surface area contributed by atoms with Crippen molar-refractivity contribution < 1.29 is 39.3 Å². The number of carbonyl (C=O) groups excluding carboxylic acids is 2. The molecule has 6 nitrogen and oxygen atoms in total. The summed E-state index contributed by atoms with van der Waals surface area (Å²) < 4.78 is 0. The molecule has 2 aliphatic rings. The fourth-order valence-corrected chi connectivity index (χ4v) is 7.55. The van der Waals surface area contributed by atoms with E-state index in [9.17, 15) is 19.8 Å². The van der Waals surface area contributed by atoms with E-state index in [4.69, 9.17) is 0 Å². The summed E-state index contributed by atoms with van der Waals surface area (Å²) in [7, 11) is 0. The SMILES string of the molecule is O=C([O-])C1(c2ccccc2S)Nc2ccccc2S1.O=C([O-])C1(c2ccccc2S)Nc2ccccc2S1.[Zn+2]. The number of nitrogens with one attached hydrogen (secondary N) is 2. The third-order valence-corrected chi connectivity index (χ3v) is 9.58. The second kappa shape index (κ2) is 11.9. The fraction of sp³-hybridized carbons (Fsp3) is 0.0714. The molecule has 0 amide bonds. The number of carboxylic acids is 2. The first-order chi connectivity index (χ1) is 18.3. The number of carboxylic acid groups (broad SMARTS) is 2. The van der Waals surface area contributed by atoms with Crippen molar-refractivity contribution in [2.75, 3.05) is 10.6 Å². The van der Waals surface area contributed by atoms with Gasteiger partial charge in [-0.3, -0.25) is 0 Å². The minimum atomic E-state index is -1.32. The number of hydrogen-bond acceptors (Lipinski definition) is 10. The van der Waals surface area contributed by atoms with Gasteiger partial charge >= 0.3 is 19.5 Å². The number of thiol groups is 2. The van der Waals surface area contributed by atoms with E-state index in [1.54, 1.807) is 36.4 Å². The van der Waals surface area contributed by atoms with Gasteiger partial charge in [0.1, 0.15) is 0 Å². The molecule has 0 saturated carbocycles. The molecule has 0 aromatic heterocycles. The third kappa shape index (κ3) is 5.43. The van der Waals surface area contributed by atoms with Crippen molar-refractivity contribution >= 4 is 72.1 Å². The fourth-order valence-electron chi connectivity index (χ4n) is 4.27. The molecule has 4 aromatic rings. The Morgan fingerprint density at radius 3 is 1.26 bits per heavy atom. The zero-order chi connectivity index (χ0) is 26.9. The van der Waals surface area contributed by atoms with Crippen molar-refractivity contribution in [2.45, 2.75) is 29.3 Å². The minimum Gasteiger partial charge on any atom is -0.546 e. The molecular weight excluding hydrogens is 622 g/mol. The molecule has 192 valence electrons. The molecule has 39 heavy (non-hydrogen) atoms. The topological polar surface area (TPSA) is 104 Å². The van der Waals surface area contributed by atoms with Crippen LogP contribution < -0.4 is 20.8 Å². The summed E-state index contributed by atoms with van der Waals surface area (Å²) in [4.78, 5) is 23.8. The van der Waals surface area contributed by atoms with Crippen LogP contribution >= 0.6 is 48.8 Å². The molecule has 4 aromatic carbocycles. The van der Waals surface area contributed by atoms with Crippen molar-refractivity contribution in [3.8, 4) is 0 Å². The Morgan fingerprint density at radius 2 is 0.923 bits per heavy atom. The molecule has 0 spiro atoms. The Kier molecular flexibility index (Phi) is 8.98. The van der Waals surface area contributed by atoms with Crippen LogP contribution in [0.5, 0.6) is 0 Å². The number of rotatable bonds is 4. The molecule has 0 fully saturated rings. The summed E-state index contributed by atoms with van der Waals surface area (Å²) in [6, 6.07) is 29.3. The van der Waals surface area contributed by atoms with Gasteiger partial charge in [0.2, 0.25) is 0 Å². The van der Waals surface area contributed by atoms with Gasteiger partial charge in [-0.1, -0.05) is 84.2 Å². The normalized spacial score (nSPS) is 20.2. The van der Waals surface area contributed by atoms with Gasteiger partial charge in [-0.15, -0.1) is 25.3 Å². The van der Waals surface area contributed by atoms with E-state index in [2.05, 4.69) is 35.9 Å². The number of fused-ring (bicyclic) bond motifs is 2. The van der Waals surface area contributed by atoms with Crippen LogP contribution in [0.15, 0.2) is 117 Å². The largest absolute Gasteiger partial charge is 2.00 e. The average Bonchev–Trinajstić information content (AvgIpc) is 3.50. The third-order valence-electron chi connectivity index (χ3n) is 6.06. The molecule has 2 unspecified atom stereocenters. The molecule has 0 saturated heterocycles. The van der Waals surface area contributed by atoms with Crippen LogP contribution in [-0.2, 0) is 38.8 Å². The molecule has 0 radical (unpaired) electrons. The maximum absolute atomic E-state index is 11.7. The van der Waals surface area contributed by atoms with E-state index in [0.717, 1.165) is 21.2 Å². The maximum Gasteiger partial charge on any atom is 2.00 e. The van der Waals surface area contributed by atoms with Crippen molar-refractivity contribution in [1.29, 1.82) is 0 Å². The molecular formula is C28H20N2O4S4Zn. The Balaban J connectivity index is 0.000000176. The van der Waals surface area contributed by atoms with E-state index in [1.165, 1.54) is 23.5 Å². The Morgan fingerprint density at radius 1 is 0.590 bits per heavy atom. The summed E-state index contributed by atoms with van der Waals surface area (Å²) in [6.45, 7) is 0. The van der Waals surface area contributed by atoms with Gasteiger partial charge in [-0.2, -0.15) is 0 Å². The zero-order valence-electron chi connectivity index (χ0n) is 20.3. The van der Waals surface area contributed by atoms with E-state index in [1.807, 2.05) is 60.7 Å². The molecule has 6 rings (SSSR count). The second-order valence-corrected chi connectivity index (χ2v) is 11.9. The van der Waals surface area contributed by atoms with Crippen molar-refractivity contribution in [3.05, 3.63) is 108 Å². The zero-order valence-corrected chi connectivity index (χ0v) is 26.7. The number of anilines is 2. The van der Waals surface area contributed by atoms with Gasteiger partial charge in [0.15, 0.2) is 9.74 Å². The van der Waals surface area contributed by atoms with Gasteiger partial charge in [0, 0.05) is 42.1 Å². The van der Waals surface area contributed by atoms with Gasteiger partial charge in [0.05, 0.1) is 11.9 Å². The minimum absolute atomic E-state index is 0. The van der Waals surface area contributed by atoms with Crippen molar-refractivity contribution in [2.24, 2.45) is 0 Å². The monoisotopic (exact) mass is 640 g/mol. The second-order valence-electron chi connectivity index (χ2n) is 8.42. The number of carbonyl (C=O) groups is 2. The first-order valence-electron chi connectivity index (χ1n) is 11.4. The van der Waals surface area contributed by atoms with Crippen LogP contribution in [0.4, 0.5) is 11.4 Å². The summed E-state index contributed by atoms with van der Waals surface area (Å²) >= 11 is 11.2. The van der Waals surface area contributed by atoms with E-state index in [0.29, 0.717) is 20.9 Å². The molecule has 2 N–H and O–H groups in total. The van der Waals surface area contributed by atoms with E-state index >= 15 is 0 Å². The van der Waals surface area contributed by atoms with Crippen LogP contribution in [0.2, 0.25) is 0 Å². The number of hydrogen-bond donors (Lipinski definition) is 4. The molecule has 2 heterocycles. The molecule has 11 heteroatoms. The van der Waals surface area contributed by atoms with Crippen LogP contribution in [0, 0.1) is 0 Å². The Bertz CT molecular complexity index is 1390. The van der Waals surface area contributed by atoms with Gasteiger partial charge in [-0.05, 0) is 36.4 Å². The van der Waals surface area contributed by atoms with Crippen LogP contribution in [0.3, 0.4) is 0 Å². The standard InChI is InChI=1S/2C14H11NO2S2.Zn/c2*16-13(17)14(9-5-1-3-7-11(9)18)15-10-6-2-4-8-12(10)19-14;/h2*1-8,15,18H,(H,16,17);/q;;+2/p-2. The molecule has 0 bridgehead atoms. The van der Waals surface area contributed by atoms with Crippen molar-refractivity contribution in [1.82, 2.24) is 0 Å². The van der Waals surface area contributed by atoms with Crippen LogP contribution in [-0.4, -0.2) is 11.9 Å². The van der Waals surface area contributed by atoms with Gasteiger partial charge in [-0.25, -0.2) is 0 Å². The predicted molar refractivity (Wildman–Crippen MR) is 153 cm³/mol. The number of aliphatic carboxylic acids is 2. The maximum atomic E-state index is 11.7. The first kappa shape index (κ1) is 29.4. The van der Waals surface area contributed by atoms with Crippen LogP contribution in [0.1, 0.15) is 11.1 Å². The first-order valence-corrected chi connectivity index (χ1v) is 13.9. The summed E-state index contributed by atoms with van der Waals surface area (Å²) in [5.74, 6) is -2.34. The van der Waals surface area contributed by atoms with E-state index < -0.39 is 21.7 Å². The Hall–Kier alpha value is -2.56. The van der Waals surface area contributed by atoms with Crippen molar-refractivity contribution in [3.63, 3.8) is 0 Å². The number of benzene rings is 4.